The standard InChI is InChI=1S/C8H15NO6S/c1-3-5(2)7(10)9-6(8(11)12)4-16(13,14)15/h5-6H,3-4H2,1-2H3,(H,9,10)(H,11,12)(H,13,14,15)/p-1. The van der Waals surface area contributed by atoms with E-state index >= 15 is 0 Å². The largest absolute Gasteiger partial charge is 0.748 e. The van der Waals surface area contributed by atoms with E-state index in [-0.39, 0.29) is 0 Å². The summed E-state index contributed by atoms with van der Waals surface area (Å²) < 4.78 is 31.2. The molecule has 0 rings (SSSR count). The van der Waals surface area contributed by atoms with Gasteiger partial charge in [-0.2, -0.15) is 0 Å². The summed E-state index contributed by atoms with van der Waals surface area (Å²) in [6.07, 6.45) is 0.488. The lowest BCUT2D eigenvalue weighted by Crippen LogP contribution is -2.47. The summed E-state index contributed by atoms with van der Waals surface area (Å²) in [5.41, 5.74) is 0. The molecule has 0 saturated carbocycles. The van der Waals surface area contributed by atoms with Crippen LogP contribution in [-0.4, -0.2) is 41.7 Å². The van der Waals surface area contributed by atoms with E-state index in [1.807, 2.05) is 5.32 Å². The Balaban J connectivity index is 4.59. The van der Waals surface area contributed by atoms with Crippen LogP contribution in [0, 0.1) is 5.92 Å². The molecule has 8 heteroatoms. The van der Waals surface area contributed by atoms with Gasteiger partial charge in [0.25, 0.3) is 0 Å². The van der Waals surface area contributed by atoms with Crippen LogP contribution in [0.5, 0.6) is 0 Å². The van der Waals surface area contributed by atoms with Crippen molar-refractivity contribution in [3.63, 3.8) is 0 Å². The maximum Gasteiger partial charge on any atom is 0.327 e. The summed E-state index contributed by atoms with van der Waals surface area (Å²) in [5.74, 6) is -3.71. The van der Waals surface area contributed by atoms with Crippen LogP contribution in [0.15, 0.2) is 0 Å². The number of rotatable bonds is 6. The highest BCUT2D eigenvalue weighted by Gasteiger charge is 2.24. The minimum atomic E-state index is -4.69. The van der Waals surface area contributed by atoms with Crippen molar-refractivity contribution in [1.82, 2.24) is 5.32 Å². The normalized spacial score (nSPS) is 15.2. The zero-order chi connectivity index (χ0) is 12.9. The molecule has 0 aliphatic rings. The Morgan fingerprint density at radius 3 is 2.25 bits per heavy atom. The number of hydrogen-bond donors (Lipinski definition) is 2. The lowest BCUT2D eigenvalue weighted by atomic mass is 10.1. The second-order valence-corrected chi connectivity index (χ2v) is 4.88. The fraction of sp³-hybridized carbons (Fsp3) is 0.750. The van der Waals surface area contributed by atoms with Gasteiger partial charge >= 0.3 is 5.97 Å². The maximum absolute atomic E-state index is 11.3. The topological polar surface area (TPSA) is 124 Å². The lowest BCUT2D eigenvalue weighted by molar-refractivity contribution is -0.141. The molecule has 0 aromatic heterocycles. The molecule has 0 aliphatic carbocycles. The molecule has 0 heterocycles. The van der Waals surface area contributed by atoms with E-state index in [0.717, 1.165) is 0 Å². The van der Waals surface area contributed by atoms with Gasteiger partial charge in [-0.25, -0.2) is 13.2 Å². The van der Waals surface area contributed by atoms with Crippen molar-refractivity contribution in [2.75, 3.05) is 5.75 Å². The molecule has 0 bridgehead atoms. The van der Waals surface area contributed by atoms with Gasteiger partial charge in [-0.3, -0.25) is 4.79 Å². The Morgan fingerprint density at radius 1 is 1.44 bits per heavy atom. The Morgan fingerprint density at radius 2 is 1.94 bits per heavy atom. The number of hydrogen-bond acceptors (Lipinski definition) is 5. The maximum atomic E-state index is 11.3. The van der Waals surface area contributed by atoms with Crippen LogP contribution < -0.4 is 5.32 Å². The van der Waals surface area contributed by atoms with Crippen LogP contribution >= 0.6 is 0 Å². The molecule has 0 spiro atoms. The minimum Gasteiger partial charge on any atom is -0.748 e. The van der Waals surface area contributed by atoms with Gasteiger partial charge in [0.2, 0.25) is 5.91 Å². The van der Waals surface area contributed by atoms with E-state index in [1.54, 1.807) is 13.8 Å². The van der Waals surface area contributed by atoms with Crippen molar-refractivity contribution >= 4 is 22.0 Å². The first kappa shape index (κ1) is 14.8. The summed E-state index contributed by atoms with van der Waals surface area (Å²) in [6.45, 7) is 3.30. The van der Waals surface area contributed by atoms with Gasteiger partial charge in [-0.05, 0) is 6.42 Å². The van der Waals surface area contributed by atoms with E-state index in [2.05, 4.69) is 0 Å². The summed E-state index contributed by atoms with van der Waals surface area (Å²) in [6, 6.07) is -1.69. The van der Waals surface area contributed by atoms with Crippen LogP contribution in [0.25, 0.3) is 0 Å². The first-order chi connectivity index (χ1) is 7.17. The van der Waals surface area contributed by atoms with E-state index in [0.29, 0.717) is 6.42 Å². The summed E-state index contributed by atoms with van der Waals surface area (Å²) in [4.78, 5) is 21.9. The van der Waals surface area contributed by atoms with E-state index in [4.69, 9.17) is 5.11 Å². The Bertz CT molecular complexity index is 363. The predicted molar refractivity (Wildman–Crippen MR) is 53.6 cm³/mol. The van der Waals surface area contributed by atoms with Crippen molar-refractivity contribution in [3.8, 4) is 0 Å². The molecule has 0 aromatic rings. The van der Waals surface area contributed by atoms with E-state index in [1.165, 1.54) is 0 Å². The molecule has 0 radical (unpaired) electrons. The van der Waals surface area contributed by atoms with Gasteiger partial charge in [0, 0.05) is 5.92 Å². The van der Waals surface area contributed by atoms with E-state index < -0.39 is 39.7 Å². The predicted octanol–water partition coefficient (Wildman–Crippen LogP) is -0.853. The minimum absolute atomic E-state index is 0.434. The molecule has 94 valence electrons. The van der Waals surface area contributed by atoms with Crippen molar-refractivity contribution < 1.29 is 27.7 Å². The molecule has 0 aliphatic heterocycles. The molecule has 0 aromatic carbocycles. The van der Waals surface area contributed by atoms with Gasteiger partial charge in [0.15, 0.2) is 0 Å². The van der Waals surface area contributed by atoms with Crippen molar-refractivity contribution in [3.05, 3.63) is 0 Å². The molecule has 0 saturated heterocycles. The van der Waals surface area contributed by atoms with Gasteiger partial charge < -0.3 is 15.0 Å². The van der Waals surface area contributed by atoms with Crippen LogP contribution in [0.4, 0.5) is 0 Å². The third-order valence-corrected chi connectivity index (χ3v) is 2.79. The van der Waals surface area contributed by atoms with Crippen molar-refractivity contribution in [2.24, 2.45) is 5.92 Å². The average Bonchev–Trinajstić information content (AvgIpc) is 2.13. The van der Waals surface area contributed by atoms with Gasteiger partial charge in [0.1, 0.15) is 6.04 Å². The molecule has 7 nitrogen and oxygen atoms in total. The number of carbonyl (C=O) groups is 2. The fourth-order valence-corrected chi connectivity index (χ4v) is 1.51. The lowest BCUT2D eigenvalue weighted by Gasteiger charge is -2.18. The quantitative estimate of drug-likeness (QED) is 0.593. The third kappa shape index (κ3) is 5.66. The first-order valence-electron chi connectivity index (χ1n) is 4.64. The molecule has 2 atom stereocenters. The van der Waals surface area contributed by atoms with Crippen LogP contribution in [0.3, 0.4) is 0 Å². The zero-order valence-electron chi connectivity index (χ0n) is 8.97. The van der Waals surface area contributed by atoms with Crippen LogP contribution in [0.1, 0.15) is 20.3 Å². The van der Waals surface area contributed by atoms with Crippen LogP contribution in [-0.2, 0) is 19.7 Å². The van der Waals surface area contributed by atoms with Crippen molar-refractivity contribution in [2.45, 2.75) is 26.3 Å². The highest BCUT2D eigenvalue weighted by atomic mass is 32.2. The molecule has 16 heavy (non-hydrogen) atoms. The Labute approximate surface area is 93.6 Å². The van der Waals surface area contributed by atoms with Crippen LogP contribution in [0.2, 0.25) is 0 Å². The summed E-state index contributed by atoms with van der Waals surface area (Å²) >= 11 is 0. The smallest absolute Gasteiger partial charge is 0.327 e. The number of amides is 1. The highest BCUT2D eigenvalue weighted by Crippen LogP contribution is 2.01. The monoisotopic (exact) mass is 252 g/mol. The number of nitrogens with one attached hydrogen (secondary N) is 1. The SMILES string of the molecule is CCC(C)C(=O)NC(CS(=O)(=O)[O-])C(=O)O. The van der Waals surface area contributed by atoms with Crippen molar-refractivity contribution in [1.29, 1.82) is 0 Å². The van der Waals surface area contributed by atoms with E-state index in [9.17, 15) is 22.6 Å². The molecule has 2 unspecified atom stereocenters. The molecule has 1 amide bonds. The number of carboxylic acid groups (broad SMARTS) is 1. The molecular weight excluding hydrogens is 238 g/mol. The number of carbonyl (C=O) groups excluding carboxylic acids is 1. The first-order valence-corrected chi connectivity index (χ1v) is 6.21. The van der Waals surface area contributed by atoms with Gasteiger partial charge in [-0.15, -0.1) is 0 Å². The Hall–Kier alpha value is -1.15. The fourth-order valence-electron chi connectivity index (χ4n) is 0.878. The molecular formula is C8H14NO6S-. The summed E-state index contributed by atoms with van der Waals surface area (Å²) in [7, 11) is -4.69. The summed E-state index contributed by atoms with van der Waals surface area (Å²) in [5, 5.41) is 10.6. The Kier molecular flexibility index (Phi) is 5.39. The van der Waals surface area contributed by atoms with Gasteiger partial charge in [0.05, 0.1) is 15.9 Å². The number of carboxylic acids is 1. The molecule has 2 N–H and O–H groups in total. The number of aliphatic carboxylic acids is 1. The van der Waals surface area contributed by atoms with Gasteiger partial charge in [-0.1, -0.05) is 13.8 Å². The second kappa shape index (κ2) is 5.80. The second-order valence-electron chi connectivity index (χ2n) is 3.43. The molecule has 0 fully saturated rings. The highest BCUT2D eigenvalue weighted by molar-refractivity contribution is 7.85. The zero-order valence-corrected chi connectivity index (χ0v) is 9.78. The third-order valence-electron chi connectivity index (χ3n) is 2.05. The average molecular weight is 252 g/mol.